The number of likely N-dealkylation sites (tertiary alicyclic amines) is 1. The van der Waals surface area contributed by atoms with Crippen LogP contribution in [0.3, 0.4) is 0 Å². The molecule has 1 saturated heterocycles. The normalized spacial score (nSPS) is 16.2. The van der Waals surface area contributed by atoms with Crippen molar-refractivity contribution in [1.82, 2.24) is 14.5 Å². The van der Waals surface area contributed by atoms with Crippen LogP contribution in [-0.4, -0.2) is 33.4 Å². The number of imidazole rings is 1. The van der Waals surface area contributed by atoms with Crippen LogP contribution < -0.4 is 0 Å². The molecule has 1 amide bonds. The van der Waals surface area contributed by atoms with Gasteiger partial charge in [0.15, 0.2) is 0 Å². The zero-order valence-corrected chi connectivity index (χ0v) is 15.6. The van der Waals surface area contributed by atoms with Gasteiger partial charge < -0.3 is 9.47 Å². The van der Waals surface area contributed by atoms with E-state index in [-0.39, 0.29) is 5.41 Å². The summed E-state index contributed by atoms with van der Waals surface area (Å²) in [5.41, 5.74) is 1.22. The van der Waals surface area contributed by atoms with Crippen molar-refractivity contribution in [3.05, 3.63) is 42.7 Å². The lowest BCUT2D eigenvalue weighted by Gasteiger charge is -2.34. The van der Waals surface area contributed by atoms with Crippen LogP contribution in [0, 0.1) is 11.3 Å². The fourth-order valence-electron chi connectivity index (χ4n) is 3.51. The van der Waals surface area contributed by atoms with Crippen molar-refractivity contribution < 1.29 is 4.79 Å². The lowest BCUT2D eigenvalue weighted by atomic mass is 9.90. The van der Waals surface area contributed by atoms with E-state index in [1.54, 1.807) is 0 Å². The molecule has 0 radical (unpaired) electrons. The maximum atomic E-state index is 12.4. The Morgan fingerprint density at radius 3 is 2.48 bits per heavy atom. The second kappa shape index (κ2) is 7.42. The second-order valence-corrected chi connectivity index (χ2v) is 8.33. The van der Waals surface area contributed by atoms with Gasteiger partial charge in [0.25, 0.3) is 0 Å². The number of hydrogen-bond acceptors (Lipinski definition) is 2. The molecular formula is C21H29N3O. The Bertz CT molecular complexity index is 691. The van der Waals surface area contributed by atoms with Crippen LogP contribution in [0.2, 0.25) is 0 Å². The Hall–Kier alpha value is -2.10. The highest BCUT2D eigenvalue weighted by atomic mass is 16.2. The molecule has 0 saturated carbocycles. The summed E-state index contributed by atoms with van der Waals surface area (Å²) in [6, 6.07) is 10.3. The van der Waals surface area contributed by atoms with Crippen LogP contribution >= 0.6 is 0 Å². The van der Waals surface area contributed by atoms with Gasteiger partial charge in [0.05, 0.1) is 0 Å². The first-order valence-electron chi connectivity index (χ1n) is 9.27. The highest BCUT2D eigenvalue weighted by Crippen LogP contribution is 2.25. The molecule has 1 aliphatic rings. The average molecular weight is 339 g/mol. The van der Waals surface area contributed by atoms with Gasteiger partial charge >= 0.3 is 0 Å². The van der Waals surface area contributed by atoms with Crippen molar-refractivity contribution >= 4 is 5.91 Å². The summed E-state index contributed by atoms with van der Waals surface area (Å²) in [5.74, 6) is 1.95. The fraction of sp³-hybridized carbons (Fsp3) is 0.524. The predicted octanol–water partition coefficient (Wildman–Crippen LogP) is 4.22. The summed E-state index contributed by atoms with van der Waals surface area (Å²) in [5, 5.41) is 0. The van der Waals surface area contributed by atoms with Crippen LogP contribution in [0.15, 0.2) is 42.7 Å². The van der Waals surface area contributed by atoms with Crippen molar-refractivity contribution in [1.29, 1.82) is 0 Å². The van der Waals surface area contributed by atoms with Crippen molar-refractivity contribution in [3.8, 4) is 11.4 Å². The highest BCUT2D eigenvalue weighted by molar-refractivity contribution is 5.76. The van der Waals surface area contributed by atoms with E-state index < -0.39 is 0 Å². The third-order valence-corrected chi connectivity index (χ3v) is 4.85. The van der Waals surface area contributed by atoms with Gasteiger partial charge in [-0.05, 0) is 24.2 Å². The first kappa shape index (κ1) is 17.7. The topological polar surface area (TPSA) is 38.1 Å². The second-order valence-electron chi connectivity index (χ2n) is 8.33. The first-order chi connectivity index (χ1) is 11.9. The lowest BCUT2D eigenvalue weighted by Crippen LogP contribution is -2.40. The average Bonchev–Trinajstić information content (AvgIpc) is 3.03. The van der Waals surface area contributed by atoms with E-state index in [0.717, 1.165) is 43.9 Å². The largest absolute Gasteiger partial charge is 0.343 e. The standard InChI is InChI=1S/C21H29N3O/c1-21(2,3)15-19(25)23-12-9-17(10-13-23)16-24-14-11-22-20(24)18-7-5-4-6-8-18/h4-8,11,14,17H,9-10,12-13,15-16H2,1-3H3. The molecule has 4 nitrogen and oxygen atoms in total. The summed E-state index contributed by atoms with van der Waals surface area (Å²) >= 11 is 0. The molecule has 1 fully saturated rings. The summed E-state index contributed by atoms with van der Waals surface area (Å²) < 4.78 is 2.26. The zero-order chi connectivity index (χ0) is 17.9. The molecule has 1 aromatic carbocycles. The van der Waals surface area contributed by atoms with Gasteiger partial charge in [-0.25, -0.2) is 4.98 Å². The number of aromatic nitrogens is 2. The van der Waals surface area contributed by atoms with Crippen LogP contribution in [0.1, 0.15) is 40.0 Å². The maximum absolute atomic E-state index is 12.4. The molecule has 0 spiro atoms. The monoisotopic (exact) mass is 339 g/mol. The van der Waals surface area contributed by atoms with Gasteiger partial charge in [-0.3, -0.25) is 4.79 Å². The van der Waals surface area contributed by atoms with Crippen LogP contribution in [-0.2, 0) is 11.3 Å². The van der Waals surface area contributed by atoms with Crippen molar-refractivity contribution in [3.63, 3.8) is 0 Å². The van der Waals surface area contributed by atoms with Crippen LogP contribution in [0.5, 0.6) is 0 Å². The predicted molar refractivity (Wildman–Crippen MR) is 101 cm³/mol. The molecule has 0 bridgehead atoms. The smallest absolute Gasteiger partial charge is 0.223 e. The SMILES string of the molecule is CC(C)(C)CC(=O)N1CCC(Cn2ccnc2-c2ccccc2)CC1. The Morgan fingerprint density at radius 2 is 1.84 bits per heavy atom. The Kier molecular flexibility index (Phi) is 5.26. The number of carbonyl (C=O) groups is 1. The number of piperidine rings is 1. The number of carbonyl (C=O) groups excluding carboxylic acids is 1. The number of amides is 1. The first-order valence-corrected chi connectivity index (χ1v) is 9.27. The molecule has 0 N–H and O–H groups in total. The molecule has 25 heavy (non-hydrogen) atoms. The van der Waals surface area contributed by atoms with Gasteiger partial charge in [0.1, 0.15) is 5.82 Å². The van der Waals surface area contributed by atoms with E-state index >= 15 is 0 Å². The quantitative estimate of drug-likeness (QED) is 0.836. The molecule has 4 heteroatoms. The van der Waals surface area contributed by atoms with E-state index in [1.807, 2.05) is 29.3 Å². The molecule has 0 aliphatic carbocycles. The lowest BCUT2D eigenvalue weighted by molar-refractivity contribution is -0.134. The maximum Gasteiger partial charge on any atom is 0.223 e. The third-order valence-electron chi connectivity index (χ3n) is 4.85. The van der Waals surface area contributed by atoms with E-state index in [9.17, 15) is 4.79 Å². The van der Waals surface area contributed by atoms with Crippen molar-refractivity contribution in [2.24, 2.45) is 11.3 Å². The number of nitrogens with zero attached hydrogens (tertiary/aromatic N) is 3. The molecule has 1 aromatic heterocycles. The summed E-state index contributed by atoms with van der Waals surface area (Å²) in [6.45, 7) is 9.13. The molecule has 3 rings (SSSR count). The van der Waals surface area contributed by atoms with E-state index in [1.165, 1.54) is 0 Å². The van der Waals surface area contributed by atoms with Crippen LogP contribution in [0.25, 0.3) is 11.4 Å². The Morgan fingerprint density at radius 1 is 1.16 bits per heavy atom. The fourth-order valence-corrected chi connectivity index (χ4v) is 3.51. The summed E-state index contributed by atoms with van der Waals surface area (Å²) in [6.07, 6.45) is 6.73. The zero-order valence-electron chi connectivity index (χ0n) is 15.6. The minimum Gasteiger partial charge on any atom is -0.343 e. The molecule has 0 atom stereocenters. The van der Waals surface area contributed by atoms with Gasteiger partial charge in [0.2, 0.25) is 5.91 Å². The van der Waals surface area contributed by atoms with Gasteiger partial charge in [-0.1, -0.05) is 51.1 Å². The molecule has 134 valence electrons. The Balaban J connectivity index is 1.57. The summed E-state index contributed by atoms with van der Waals surface area (Å²) in [7, 11) is 0. The number of hydrogen-bond donors (Lipinski definition) is 0. The molecule has 0 unspecified atom stereocenters. The number of rotatable bonds is 4. The molecule has 1 aliphatic heterocycles. The van der Waals surface area contributed by atoms with Crippen molar-refractivity contribution in [2.45, 2.75) is 46.6 Å². The van der Waals surface area contributed by atoms with Gasteiger partial charge in [-0.2, -0.15) is 0 Å². The third kappa shape index (κ3) is 4.71. The van der Waals surface area contributed by atoms with E-state index in [2.05, 4.69) is 48.7 Å². The minimum absolute atomic E-state index is 0.0648. The molecular weight excluding hydrogens is 310 g/mol. The van der Waals surface area contributed by atoms with Crippen molar-refractivity contribution in [2.75, 3.05) is 13.1 Å². The number of benzene rings is 1. The highest BCUT2D eigenvalue weighted by Gasteiger charge is 2.26. The van der Waals surface area contributed by atoms with Gasteiger partial charge in [-0.15, -0.1) is 0 Å². The van der Waals surface area contributed by atoms with Gasteiger partial charge in [0, 0.05) is 44.0 Å². The minimum atomic E-state index is 0.0648. The van der Waals surface area contributed by atoms with E-state index in [4.69, 9.17) is 0 Å². The Labute approximate surface area is 150 Å². The summed E-state index contributed by atoms with van der Waals surface area (Å²) in [4.78, 5) is 19.0. The molecule has 2 aromatic rings. The van der Waals surface area contributed by atoms with E-state index in [0.29, 0.717) is 18.2 Å². The van der Waals surface area contributed by atoms with Crippen LogP contribution in [0.4, 0.5) is 0 Å². The molecule has 2 heterocycles.